The molecule has 0 radical (unpaired) electrons. The molecular weight excluding hydrogens is 252 g/mol. The first-order valence-corrected chi connectivity index (χ1v) is 6.89. The van der Waals surface area contributed by atoms with Gasteiger partial charge in [-0.3, -0.25) is 4.79 Å². The maximum absolute atomic E-state index is 11.8. The van der Waals surface area contributed by atoms with Crippen molar-refractivity contribution < 1.29 is 4.79 Å². The molecule has 0 spiro atoms. The fourth-order valence-corrected chi connectivity index (χ4v) is 2.00. The van der Waals surface area contributed by atoms with Crippen LogP contribution in [0.1, 0.15) is 25.8 Å². The molecule has 5 heteroatoms. The van der Waals surface area contributed by atoms with Crippen LogP contribution in [0.2, 0.25) is 0 Å². The molecule has 0 saturated heterocycles. The number of hydrogen-bond donors (Lipinski definition) is 2. The highest BCUT2D eigenvalue weighted by molar-refractivity contribution is 5.76. The second-order valence-corrected chi connectivity index (χ2v) is 4.49. The van der Waals surface area contributed by atoms with E-state index in [1.165, 1.54) is 0 Å². The summed E-state index contributed by atoms with van der Waals surface area (Å²) in [5.41, 5.74) is 8.11. The SMILES string of the molecule is CCN(CC)C(=O)CCNc1ccc(N)c(CC#N)c1. The topological polar surface area (TPSA) is 82.2 Å². The van der Waals surface area contributed by atoms with Crippen LogP contribution in [-0.2, 0) is 11.2 Å². The molecule has 0 atom stereocenters. The highest BCUT2D eigenvalue weighted by Gasteiger charge is 2.08. The first kappa shape index (κ1) is 15.8. The van der Waals surface area contributed by atoms with Crippen LogP contribution in [0.25, 0.3) is 0 Å². The minimum Gasteiger partial charge on any atom is -0.398 e. The van der Waals surface area contributed by atoms with E-state index in [0.29, 0.717) is 25.1 Å². The Labute approximate surface area is 120 Å². The quantitative estimate of drug-likeness (QED) is 0.745. The van der Waals surface area contributed by atoms with E-state index in [1.807, 2.05) is 30.9 Å². The number of nitrogens with one attached hydrogen (secondary N) is 1. The monoisotopic (exact) mass is 274 g/mol. The molecule has 1 aromatic carbocycles. The van der Waals surface area contributed by atoms with Gasteiger partial charge in [-0.2, -0.15) is 5.26 Å². The summed E-state index contributed by atoms with van der Waals surface area (Å²) >= 11 is 0. The average Bonchev–Trinajstić information content (AvgIpc) is 2.44. The number of amides is 1. The number of nitriles is 1. The number of hydrogen-bond acceptors (Lipinski definition) is 4. The van der Waals surface area contributed by atoms with Gasteiger partial charge in [-0.15, -0.1) is 0 Å². The van der Waals surface area contributed by atoms with Crippen LogP contribution in [0.4, 0.5) is 11.4 Å². The predicted octanol–water partition coefficient (Wildman–Crippen LogP) is 2.01. The predicted molar refractivity (Wildman–Crippen MR) is 81.2 cm³/mol. The number of nitrogens with zero attached hydrogens (tertiary/aromatic N) is 2. The second kappa shape index (κ2) is 8.05. The molecule has 0 aliphatic carbocycles. The van der Waals surface area contributed by atoms with Crippen molar-refractivity contribution in [1.82, 2.24) is 4.90 Å². The summed E-state index contributed by atoms with van der Waals surface area (Å²) in [6.07, 6.45) is 0.749. The molecule has 3 N–H and O–H groups in total. The molecular formula is C15H22N4O. The zero-order valence-corrected chi connectivity index (χ0v) is 12.1. The Morgan fingerprint density at radius 2 is 2.10 bits per heavy atom. The summed E-state index contributed by atoms with van der Waals surface area (Å²) in [6, 6.07) is 7.59. The largest absolute Gasteiger partial charge is 0.398 e. The van der Waals surface area contributed by atoms with Crippen LogP contribution in [0.15, 0.2) is 18.2 Å². The zero-order valence-electron chi connectivity index (χ0n) is 12.1. The van der Waals surface area contributed by atoms with Crippen molar-refractivity contribution in [3.8, 4) is 6.07 Å². The third-order valence-corrected chi connectivity index (χ3v) is 3.20. The van der Waals surface area contributed by atoms with Gasteiger partial charge in [-0.05, 0) is 37.6 Å². The average molecular weight is 274 g/mol. The molecule has 0 saturated carbocycles. The smallest absolute Gasteiger partial charge is 0.224 e. The van der Waals surface area contributed by atoms with Gasteiger partial charge in [0.25, 0.3) is 0 Å². The maximum atomic E-state index is 11.8. The summed E-state index contributed by atoms with van der Waals surface area (Å²) in [5.74, 6) is 0.148. The van der Waals surface area contributed by atoms with Gasteiger partial charge in [0.05, 0.1) is 12.5 Å². The molecule has 1 rings (SSSR count). The molecule has 0 aliphatic rings. The zero-order chi connectivity index (χ0) is 15.0. The van der Waals surface area contributed by atoms with Crippen molar-refractivity contribution in [2.75, 3.05) is 30.7 Å². The van der Waals surface area contributed by atoms with Gasteiger partial charge in [0.1, 0.15) is 0 Å². The normalized spacial score (nSPS) is 9.85. The molecule has 0 fully saturated rings. The number of nitrogen functional groups attached to an aromatic ring is 1. The Kier molecular flexibility index (Phi) is 6.38. The third-order valence-electron chi connectivity index (χ3n) is 3.20. The lowest BCUT2D eigenvalue weighted by atomic mass is 10.1. The maximum Gasteiger partial charge on any atom is 0.224 e. The molecule has 1 aromatic rings. The highest BCUT2D eigenvalue weighted by Crippen LogP contribution is 2.18. The summed E-state index contributed by atoms with van der Waals surface area (Å²) in [7, 11) is 0. The van der Waals surface area contributed by atoms with Crippen LogP contribution in [-0.4, -0.2) is 30.4 Å². The Hall–Kier alpha value is -2.22. The van der Waals surface area contributed by atoms with E-state index in [0.717, 1.165) is 24.3 Å². The second-order valence-electron chi connectivity index (χ2n) is 4.49. The van der Waals surface area contributed by atoms with Crippen molar-refractivity contribution in [1.29, 1.82) is 5.26 Å². The molecule has 0 bridgehead atoms. The fourth-order valence-electron chi connectivity index (χ4n) is 2.00. The Morgan fingerprint density at radius 3 is 2.70 bits per heavy atom. The molecule has 20 heavy (non-hydrogen) atoms. The van der Waals surface area contributed by atoms with Crippen LogP contribution in [0, 0.1) is 11.3 Å². The van der Waals surface area contributed by atoms with Gasteiger partial charge < -0.3 is 16.0 Å². The van der Waals surface area contributed by atoms with E-state index in [4.69, 9.17) is 11.0 Å². The summed E-state index contributed by atoms with van der Waals surface area (Å²) in [5, 5.41) is 11.9. The van der Waals surface area contributed by atoms with Crippen molar-refractivity contribution >= 4 is 17.3 Å². The Balaban J connectivity index is 2.52. The van der Waals surface area contributed by atoms with Gasteiger partial charge >= 0.3 is 0 Å². The highest BCUT2D eigenvalue weighted by atomic mass is 16.2. The summed E-state index contributed by atoms with van der Waals surface area (Å²) in [4.78, 5) is 13.7. The summed E-state index contributed by atoms with van der Waals surface area (Å²) in [6.45, 7) is 6.00. The molecule has 108 valence electrons. The van der Waals surface area contributed by atoms with Gasteiger partial charge in [-0.1, -0.05) is 0 Å². The lowest BCUT2D eigenvalue weighted by Crippen LogP contribution is -2.31. The van der Waals surface area contributed by atoms with Crippen molar-refractivity contribution in [3.63, 3.8) is 0 Å². The molecule has 1 amide bonds. The Morgan fingerprint density at radius 1 is 1.40 bits per heavy atom. The number of rotatable bonds is 7. The van der Waals surface area contributed by atoms with E-state index in [1.54, 1.807) is 6.07 Å². The van der Waals surface area contributed by atoms with Gasteiger partial charge in [0, 0.05) is 37.4 Å². The lowest BCUT2D eigenvalue weighted by molar-refractivity contribution is -0.130. The van der Waals surface area contributed by atoms with E-state index < -0.39 is 0 Å². The molecule has 0 aliphatic heterocycles. The number of carbonyl (C=O) groups is 1. The molecule has 0 heterocycles. The number of nitrogens with two attached hydrogens (primary N) is 1. The van der Waals surface area contributed by atoms with E-state index >= 15 is 0 Å². The van der Waals surface area contributed by atoms with Gasteiger partial charge in [0.2, 0.25) is 5.91 Å². The first-order chi connectivity index (χ1) is 9.62. The van der Waals surface area contributed by atoms with Crippen molar-refractivity contribution in [2.24, 2.45) is 0 Å². The standard InChI is InChI=1S/C15H22N4O/c1-3-19(4-2)15(20)8-10-18-13-5-6-14(17)12(11-13)7-9-16/h5-6,11,18H,3-4,7-8,10,17H2,1-2H3. The van der Waals surface area contributed by atoms with E-state index in [2.05, 4.69) is 11.4 Å². The van der Waals surface area contributed by atoms with Crippen molar-refractivity contribution in [2.45, 2.75) is 26.7 Å². The van der Waals surface area contributed by atoms with E-state index in [-0.39, 0.29) is 5.91 Å². The minimum atomic E-state index is 0.148. The summed E-state index contributed by atoms with van der Waals surface area (Å²) < 4.78 is 0. The molecule has 0 aromatic heterocycles. The lowest BCUT2D eigenvalue weighted by Gasteiger charge is -2.18. The van der Waals surface area contributed by atoms with Gasteiger partial charge in [0.15, 0.2) is 0 Å². The van der Waals surface area contributed by atoms with Crippen LogP contribution < -0.4 is 11.1 Å². The number of carbonyl (C=O) groups excluding carboxylic acids is 1. The van der Waals surface area contributed by atoms with Crippen LogP contribution in [0.5, 0.6) is 0 Å². The van der Waals surface area contributed by atoms with E-state index in [9.17, 15) is 4.79 Å². The first-order valence-electron chi connectivity index (χ1n) is 6.89. The van der Waals surface area contributed by atoms with Crippen LogP contribution >= 0.6 is 0 Å². The molecule has 5 nitrogen and oxygen atoms in total. The van der Waals surface area contributed by atoms with Gasteiger partial charge in [-0.25, -0.2) is 0 Å². The Bertz CT molecular complexity index is 489. The van der Waals surface area contributed by atoms with Crippen molar-refractivity contribution in [3.05, 3.63) is 23.8 Å². The molecule has 0 unspecified atom stereocenters. The number of benzene rings is 1. The fraction of sp³-hybridized carbons (Fsp3) is 0.467. The number of anilines is 2. The van der Waals surface area contributed by atoms with Crippen LogP contribution in [0.3, 0.4) is 0 Å². The third kappa shape index (κ3) is 4.47. The minimum absolute atomic E-state index is 0.148.